The fraction of sp³-hybridized carbons (Fsp3) is 0.375. The second-order valence-electron chi connectivity index (χ2n) is 5.26. The number of benzene rings is 1. The number of nitrogens with one attached hydrogen (secondary N) is 1. The topological polar surface area (TPSA) is 37.8 Å². The highest BCUT2D eigenvalue weighted by Gasteiger charge is 2.17. The van der Waals surface area contributed by atoms with Gasteiger partial charge in [-0.2, -0.15) is 0 Å². The standard InChI is InChI=1S/C16H17F2N3/c1-19-16-11-5-3-2-4-6-14(11)20-15(21-16)10-7-8-12(17)13(18)9-10/h7-9H,2-6H2,1H3,(H,19,20,21). The first-order chi connectivity index (χ1) is 10.2. The molecule has 3 nitrogen and oxygen atoms in total. The maximum absolute atomic E-state index is 13.4. The molecule has 0 amide bonds. The largest absolute Gasteiger partial charge is 0.373 e. The molecule has 1 aromatic carbocycles. The zero-order chi connectivity index (χ0) is 14.8. The molecular weight excluding hydrogens is 272 g/mol. The van der Waals surface area contributed by atoms with Crippen molar-refractivity contribution in [3.8, 4) is 11.4 Å². The SMILES string of the molecule is CNc1nc(-c2ccc(F)c(F)c2)nc2c1CCCCC2. The van der Waals surface area contributed by atoms with Gasteiger partial charge >= 0.3 is 0 Å². The molecule has 0 spiro atoms. The lowest BCUT2D eigenvalue weighted by atomic mass is 10.1. The van der Waals surface area contributed by atoms with Gasteiger partial charge in [-0.1, -0.05) is 6.42 Å². The highest BCUT2D eigenvalue weighted by Crippen LogP contribution is 2.28. The van der Waals surface area contributed by atoms with Gasteiger partial charge in [0.2, 0.25) is 0 Å². The monoisotopic (exact) mass is 289 g/mol. The lowest BCUT2D eigenvalue weighted by molar-refractivity contribution is 0.509. The van der Waals surface area contributed by atoms with Crippen molar-refractivity contribution in [2.45, 2.75) is 32.1 Å². The van der Waals surface area contributed by atoms with Crippen molar-refractivity contribution < 1.29 is 8.78 Å². The van der Waals surface area contributed by atoms with Crippen molar-refractivity contribution in [2.75, 3.05) is 12.4 Å². The van der Waals surface area contributed by atoms with Crippen molar-refractivity contribution in [3.63, 3.8) is 0 Å². The Balaban J connectivity index is 2.10. The fourth-order valence-electron chi connectivity index (χ4n) is 2.74. The molecule has 1 N–H and O–H groups in total. The maximum atomic E-state index is 13.4. The second-order valence-corrected chi connectivity index (χ2v) is 5.26. The van der Waals surface area contributed by atoms with Crippen molar-refractivity contribution >= 4 is 5.82 Å². The molecule has 0 aliphatic heterocycles. The number of anilines is 1. The average molecular weight is 289 g/mol. The highest BCUT2D eigenvalue weighted by atomic mass is 19.2. The number of hydrogen-bond donors (Lipinski definition) is 1. The number of hydrogen-bond acceptors (Lipinski definition) is 3. The minimum atomic E-state index is -0.878. The van der Waals surface area contributed by atoms with Crippen LogP contribution in [0.5, 0.6) is 0 Å². The number of fused-ring (bicyclic) bond motifs is 1. The summed E-state index contributed by atoms with van der Waals surface area (Å²) in [6.07, 6.45) is 5.28. The summed E-state index contributed by atoms with van der Waals surface area (Å²) < 4.78 is 26.5. The third kappa shape index (κ3) is 2.73. The van der Waals surface area contributed by atoms with Gasteiger partial charge < -0.3 is 5.32 Å². The van der Waals surface area contributed by atoms with Crippen LogP contribution in [0.3, 0.4) is 0 Å². The predicted octanol–water partition coefficient (Wildman–Crippen LogP) is 3.73. The van der Waals surface area contributed by atoms with E-state index in [4.69, 9.17) is 0 Å². The third-order valence-corrected chi connectivity index (χ3v) is 3.85. The van der Waals surface area contributed by atoms with E-state index in [1.54, 1.807) is 0 Å². The Labute approximate surface area is 122 Å². The molecular formula is C16H17F2N3. The number of halogens is 2. The summed E-state index contributed by atoms with van der Waals surface area (Å²) in [7, 11) is 1.82. The summed E-state index contributed by atoms with van der Waals surface area (Å²) in [5.41, 5.74) is 2.67. The van der Waals surface area contributed by atoms with Crippen LogP contribution in [0.15, 0.2) is 18.2 Å². The average Bonchev–Trinajstić information content (AvgIpc) is 2.74. The molecule has 0 radical (unpaired) electrons. The second kappa shape index (κ2) is 5.76. The van der Waals surface area contributed by atoms with Gasteiger partial charge in [0, 0.05) is 23.9 Å². The molecule has 0 saturated carbocycles. The van der Waals surface area contributed by atoms with Gasteiger partial charge in [0.1, 0.15) is 5.82 Å². The van der Waals surface area contributed by atoms with E-state index in [9.17, 15) is 8.78 Å². The lowest BCUT2D eigenvalue weighted by Crippen LogP contribution is -2.07. The number of nitrogens with zero attached hydrogens (tertiary/aromatic N) is 2. The Morgan fingerprint density at radius 3 is 2.57 bits per heavy atom. The van der Waals surface area contributed by atoms with Crippen molar-refractivity contribution in [1.29, 1.82) is 0 Å². The van der Waals surface area contributed by atoms with E-state index in [1.807, 2.05) is 7.05 Å². The molecule has 0 atom stereocenters. The van der Waals surface area contributed by atoms with Crippen LogP contribution in [0.2, 0.25) is 0 Å². The van der Waals surface area contributed by atoms with Crippen LogP contribution in [0, 0.1) is 11.6 Å². The molecule has 0 bridgehead atoms. The summed E-state index contributed by atoms with van der Waals surface area (Å²) in [6, 6.07) is 3.77. The summed E-state index contributed by atoms with van der Waals surface area (Å²) in [5, 5.41) is 3.10. The molecule has 1 aliphatic rings. The number of rotatable bonds is 2. The minimum Gasteiger partial charge on any atom is -0.373 e. The Bertz CT molecular complexity index is 671. The van der Waals surface area contributed by atoms with Gasteiger partial charge in [-0.05, 0) is 43.9 Å². The number of aryl methyl sites for hydroxylation is 1. The molecule has 1 aliphatic carbocycles. The molecule has 21 heavy (non-hydrogen) atoms. The quantitative estimate of drug-likeness (QED) is 0.856. The van der Waals surface area contributed by atoms with Crippen LogP contribution in [-0.2, 0) is 12.8 Å². The van der Waals surface area contributed by atoms with Crippen LogP contribution in [0.1, 0.15) is 30.5 Å². The van der Waals surface area contributed by atoms with E-state index in [1.165, 1.54) is 12.5 Å². The van der Waals surface area contributed by atoms with Gasteiger partial charge in [0.05, 0.1) is 0 Å². The zero-order valence-electron chi connectivity index (χ0n) is 11.9. The Morgan fingerprint density at radius 1 is 1.00 bits per heavy atom. The summed E-state index contributed by atoms with van der Waals surface area (Å²) in [6.45, 7) is 0. The van der Waals surface area contributed by atoms with Crippen LogP contribution < -0.4 is 5.32 Å². The van der Waals surface area contributed by atoms with E-state index in [2.05, 4.69) is 15.3 Å². The fourth-order valence-corrected chi connectivity index (χ4v) is 2.74. The van der Waals surface area contributed by atoms with Crippen LogP contribution in [0.25, 0.3) is 11.4 Å². The zero-order valence-corrected chi connectivity index (χ0v) is 11.9. The van der Waals surface area contributed by atoms with Crippen molar-refractivity contribution in [3.05, 3.63) is 41.1 Å². The minimum absolute atomic E-state index is 0.443. The van der Waals surface area contributed by atoms with Gasteiger partial charge in [-0.3, -0.25) is 0 Å². The van der Waals surface area contributed by atoms with E-state index in [-0.39, 0.29) is 0 Å². The summed E-state index contributed by atoms with van der Waals surface area (Å²) in [5.74, 6) is -0.500. The smallest absolute Gasteiger partial charge is 0.161 e. The molecule has 1 aromatic heterocycles. The Hall–Kier alpha value is -2.04. The van der Waals surface area contributed by atoms with E-state index >= 15 is 0 Å². The van der Waals surface area contributed by atoms with Crippen LogP contribution in [0.4, 0.5) is 14.6 Å². The first kappa shape index (κ1) is 13.9. The van der Waals surface area contributed by atoms with Crippen LogP contribution in [-0.4, -0.2) is 17.0 Å². The molecule has 3 rings (SSSR count). The van der Waals surface area contributed by atoms with Crippen LogP contribution >= 0.6 is 0 Å². The first-order valence-corrected chi connectivity index (χ1v) is 7.22. The molecule has 1 heterocycles. The van der Waals surface area contributed by atoms with Gasteiger partial charge in [0.25, 0.3) is 0 Å². The maximum Gasteiger partial charge on any atom is 0.161 e. The predicted molar refractivity (Wildman–Crippen MR) is 78.2 cm³/mol. The normalized spacial score (nSPS) is 14.4. The highest BCUT2D eigenvalue weighted by molar-refractivity contribution is 5.60. The summed E-state index contributed by atoms with van der Waals surface area (Å²) >= 11 is 0. The van der Waals surface area contributed by atoms with Gasteiger partial charge in [-0.15, -0.1) is 0 Å². The Kier molecular flexibility index (Phi) is 3.82. The molecule has 0 fully saturated rings. The molecule has 110 valence electrons. The molecule has 0 saturated heterocycles. The van der Waals surface area contributed by atoms with E-state index < -0.39 is 11.6 Å². The van der Waals surface area contributed by atoms with Crippen molar-refractivity contribution in [2.24, 2.45) is 0 Å². The van der Waals surface area contributed by atoms with E-state index in [0.717, 1.165) is 54.9 Å². The number of aromatic nitrogens is 2. The molecule has 2 aromatic rings. The summed E-state index contributed by atoms with van der Waals surface area (Å²) in [4.78, 5) is 9.06. The van der Waals surface area contributed by atoms with Gasteiger partial charge in [0.15, 0.2) is 17.5 Å². The lowest BCUT2D eigenvalue weighted by Gasteiger charge is -2.13. The van der Waals surface area contributed by atoms with Gasteiger partial charge in [-0.25, -0.2) is 18.7 Å². The van der Waals surface area contributed by atoms with E-state index in [0.29, 0.717) is 11.4 Å². The van der Waals surface area contributed by atoms with Crippen molar-refractivity contribution in [1.82, 2.24) is 9.97 Å². The molecule has 5 heteroatoms. The first-order valence-electron chi connectivity index (χ1n) is 7.22. The molecule has 0 unspecified atom stereocenters. The Morgan fingerprint density at radius 2 is 1.81 bits per heavy atom. The third-order valence-electron chi connectivity index (χ3n) is 3.85.